The van der Waals surface area contributed by atoms with Gasteiger partial charge >= 0.3 is 5.97 Å². The van der Waals surface area contributed by atoms with Crippen molar-refractivity contribution in [2.45, 2.75) is 26.2 Å². The lowest BCUT2D eigenvalue weighted by molar-refractivity contribution is -0.144. The van der Waals surface area contributed by atoms with E-state index in [0.29, 0.717) is 6.61 Å². The number of carbonyl (C=O) groups is 1. The lowest BCUT2D eigenvalue weighted by atomic mass is 9.88. The van der Waals surface area contributed by atoms with Crippen LogP contribution in [-0.2, 0) is 16.0 Å². The van der Waals surface area contributed by atoms with Crippen LogP contribution in [0.25, 0.3) is 0 Å². The summed E-state index contributed by atoms with van der Waals surface area (Å²) in [7, 11) is 0. The van der Waals surface area contributed by atoms with Crippen molar-refractivity contribution in [1.29, 1.82) is 0 Å². The number of rotatable bonds is 6. The fourth-order valence-corrected chi connectivity index (χ4v) is 2.57. The number of hydrogen-bond donors (Lipinski definition) is 0. The summed E-state index contributed by atoms with van der Waals surface area (Å²) in [5.41, 5.74) is 2.31. The van der Waals surface area contributed by atoms with E-state index in [9.17, 15) is 4.79 Å². The molecule has 3 nitrogen and oxygen atoms in total. The molecule has 0 amide bonds. The molecule has 1 aromatic rings. The SMILES string of the molecule is CCN(CC)CCOC(=O)C1C=CCc2ccccc21. The maximum atomic E-state index is 12.2. The molecule has 1 aliphatic rings. The highest BCUT2D eigenvalue weighted by Gasteiger charge is 2.23. The smallest absolute Gasteiger partial charge is 0.317 e. The molecular weight excluding hydrogens is 250 g/mol. The monoisotopic (exact) mass is 273 g/mol. The minimum absolute atomic E-state index is 0.138. The third kappa shape index (κ3) is 3.48. The lowest BCUT2D eigenvalue weighted by Crippen LogP contribution is -2.29. The first-order chi connectivity index (χ1) is 9.76. The Morgan fingerprint density at radius 2 is 2.05 bits per heavy atom. The highest BCUT2D eigenvalue weighted by molar-refractivity contribution is 5.81. The van der Waals surface area contributed by atoms with Crippen LogP contribution in [0.5, 0.6) is 0 Å². The van der Waals surface area contributed by atoms with E-state index in [-0.39, 0.29) is 11.9 Å². The summed E-state index contributed by atoms with van der Waals surface area (Å²) in [5, 5.41) is 0. The number of esters is 1. The van der Waals surface area contributed by atoms with Crippen molar-refractivity contribution in [3.8, 4) is 0 Å². The maximum Gasteiger partial charge on any atom is 0.317 e. The standard InChI is InChI=1S/C17H23NO2/c1-3-18(4-2)12-13-20-17(19)16-11-7-9-14-8-5-6-10-15(14)16/h5-8,10-11,16H,3-4,9,12-13H2,1-2H3. The van der Waals surface area contributed by atoms with Crippen LogP contribution in [0.3, 0.4) is 0 Å². The number of carbonyl (C=O) groups excluding carboxylic acids is 1. The second-order valence-electron chi connectivity index (χ2n) is 5.00. The predicted molar refractivity (Wildman–Crippen MR) is 80.8 cm³/mol. The average molecular weight is 273 g/mol. The van der Waals surface area contributed by atoms with Crippen LogP contribution >= 0.6 is 0 Å². The van der Waals surface area contributed by atoms with E-state index in [1.54, 1.807) is 0 Å². The molecule has 0 aliphatic heterocycles. The van der Waals surface area contributed by atoms with Crippen LogP contribution in [0, 0.1) is 0 Å². The van der Waals surface area contributed by atoms with Gasteiger partial charge in [0.15, 0.2) is 0 Å². The number of nitrogens with zero attached hydrogens (tertiary/aromatic N) is 1. The Morgan fingerprint density at radius 3 is 2.80 bits per heavy atom. The number of allylic oxidation sites excluding steroid dienone is 1. The van der Waals surface area contributed by atoms with E-state index in [1.807, 2.05) is 24.3 Å². The van der Waals surface area contributed by atoms with E-state index < -0.39 is 0 Å². The zero-order valence-electron chi connectivity index (χ0n) is 12.3. The second-order valence-corrected chi connectivity index (χ2v) is 5.00. The summed E-state index contributed by atoms with van der Waals surface area (Å²) in [4.78, 5) is 14.5. The van der Waals surface area contributed by atoms with Crippen molar-refractivity contribution < 1.29 is 9.53 Å². The summed E-state index contributed by atoms with van der Waals surface area (Å²) >= 11 is 0. The number of benzene rings is 1. The van der Waals surface area contributed by atoms with Crippen molar-refractivity contribution in [3.63, 3.8) is 0 Å². The Morgan fingerprint density at radius 1 is 1.30 bits per heavy atom. The molecule has 0 bridgehead atoms. The van der Waals surface area contributed by atoms with Gasteiger partial charge in [-0.3, -0.25) is 4.79 Å². The summed E-state index contributed by atoms with van der Waals surface area (Å²) < 4.78 is 5.44. The normalized spacial score (nSPS) is 17.1. The average Bonchev–Trinajstić information content (AvgIpc) is 2.51. The maximum absolute atomic E-state index is 12.2. The van der Waals surface area contributed by atoms with Crippen molar-refractivity contribution in [1.82, 2.24) is 4.90 Å². The third-order valence-corrected chi connectivity index (χ3v) is 3.86. The summed E-state index contributed by atoms with van der Waals surface area (Å²) in [5.74, 6) is -0.378. The van der Waals surface area contributed by atoms with Gasteiger partial charge in [-0.15, -0.1) is 0 Å². The Labute approximate surface area is 121 Å². The number of hydrogen-bond acceptors (Lipinski definition) is 3. The van der Waals surface area contributed by atoms with Gasteiger partial charge < -0.3 is 9.64 Å². The van der Waals surface area contributed by atoms with Gasteiger partial charge in [0, 0.05) is 6.54 Å². The molecule has 0 aromatic heterocycles. The molecule has 20 heavy (non-hydrogen) atoms. The third-order valence-electron chi connectivity index (χ3n) is 3.86. The van der Waals surface area contributed by atoms with Crippen LogP contribution < -0.4 is 0 Å². The Hall–Kier alpha value is -1.61. The molecule has 0 N–H and O–H groups in total. The summed E-state index contributed by atoms with van der Waals surface area (Å²) in [6.45, 7) is 7.47. The van der Waals surface area contributed by atoms with Crippen molar-refractivity contribution >= 4 is 5.97 Å². The molecule has 0 radical (unpaired) electrons. The van der Waals surface area contributed by atoms with Crippen LogP contribution in [-0.4, -0.2) is 37.1 Å². The molecule has 0 saturated heterocycles. The molecule has 1 aromatic carbocycles. The Bertz CT molecular complexity index is 478. The second kappa shape index (κ2) is 7.25. The molecule has 1 atom stereocenters. The van der Waals surface area contributed by atoms with Gasteiger partial charge in [-0.05, 0) is 30.6 Å². The minimum Gasteiger partial charge on any atom is -0.464 e. The van der Waals surface area contributed by atoms with E-state index >= 15 is 0 Å². The van der Waals surface area contributed by atoms with Gasteiger partial charge in [0.1, 0.15) is 12.5 Å². The molecule has 2 rings (SSSR count). The highest BCUT2D eigenvalue weighted by Crippen LogP contribution is 2.27. The number of likely N-dealkylation sites (N-methyl/N-ethyl adjacent to an activating group) is 1. The summed E-state index contributed by atoms with van der Waals surface area (Å²) in [6, 6.07) is 8.10. The van der Waals surface area contributed by atoms with Gasteiger partial charge in [-0.2, -0.15) is 0 Å². The predicted octanol–water partition coefficient (Wildman–Crippen LogP) is 2.77. The van der Waals surface area contributed by atoms with Gasteiger partial charge in [0.25, 0.3) is 0 Å². The van der Waals surface area contributed by atoms with Crippen LogP contribution in [0.15, 0.2) is 36.4 Å². The molecule has 0 heterocycles. The van der Waals surface area contributed by atoms with Gasteiger partial charge in [0.05, 0.1) is 0 Å². The van der Waals surface area contributed by atoms with Crippen molar-refractivity contribution in [2.75, 3.05) is 26.2 Å². The first kappa shape index (κ1) is 14.8. The van der Waals surface area contributed by atoms with E-state index in [0.717, 1.165) is 31.6 Å². The molecule has 0 spiro atoms. The lowest BCUT2D eigenvalue weighted by Gasteiger charge is -2.21. The van der Waals surface area contributed by atoms with Gasteiger partial charge in [-0.1, -0.05) is 50.3 Å². The molecule has 3 heteroatoms. The van der Waals surface area contributed by atoms with Crippen molar-refractivity contribution in [2.24, 2.45) is 0 Å². The first-order valence-electron chi connectivity index (χ1n) is 7.39. The van der Waals surface area contributed by atoms with Gasteiger partial charge in [0.2, 0.25) is 0 Å². The molecule has 1 aliphatic carbocycles. The van der Waals surface area contributed by atoms with Gasteiger partial charge in [-0.25, -0.2) is 0 Å². The van der Waals surface area contributed by atoms with Crippen LogP contribution in [0.1, 0.15) is 30.9 Å². The van der Waals surface area contributed by atoms with Crippen LogP contribution in [0.4, 0.5) is 0 Å². The zero-order valence-corrected chi connectivity index (χ0v) is 12.3. The summed E-state index contributed by atoms with van der Waals surface area (Å²) in [6.07, 6.45) is 4.92. The zero-order chi connectivity index (χ0) is 14.4. The van der Waals surface area contributed by atoms with E-state index in [4.69, 9.17) is 4.74 Å². The minimum atomic E-state index is -0.239. The topological polar surface area (TPSA) is 29.5 Å². The number of ether oxygens (including phenoxy) is 1. The largest absolute Gasteiger partial charge is 0.464 e. The van der Waals surface area contributed by atoms with E-state index in [2.05, 4.69) is 30.9 Å². The quantitative estimate of drug-likeness (QED) is 0.589. The Kier molecular flexibility index (Phi) is 5.36. The van der Waals surface area contributed by atoms with Crippen molar-refractivity contribution in [3.05, 3.63) is 47.5 Å². The van der Waals surface area contributed by atoms with Crippen LogP contribution in [0.2, 0.25) is 0 Å². The molecule has 108 valence electrons. The molecule has 0 fully saturated rings. The highest BCUT2D eigenvalue weighted by atomic mass is 16.5. The fourth-order valence-electron chi connectivity index (χ4n) is 2.57. The fraction of sp³-hybridized carbons (Fsp3) is 0.471. The van der Waals surface area contributed by atoms with E-state index in [1.165, 1.54) is 5.56 Å². The molecule has 0 saturated carbocycles. The first-order valence-corrected chi connectivity index (χ1v) is 7.39. The molecular formula is C17H23NO2. The Balaban J connectivity index is 1.93. The number of fused-ring (bicyclic) bond motifs is 1. The molecule has 1 unspecified atom stereocenters.